The number of amides is 1. The Bertz CT molecular complexity index is 1010. The molecule has 30 heavy (non-hydrogen) atoms. The second-order valence-corrected chi connectivity index (χ2v) is 7.13. The van der Waals surface area contributed by atoms with Gasteiger partial charge in [0.1, 0.15) is 5.82 Å². The number of nitrogens with zero attached hydrogens (tertiary/aromatic N) is 1. The SMILES string of the molecule is O=C(C#Cc1ccccc1F)NCCCNC(=S)NCc1ccnc2c1C=CCC2. The molecule has 0 saturated heterocycles. The van der Waals surface area contributed by atoms with E-state index in [-0.39, 0.29) is 5.56 Å². The van der Waals surface area contributed by atoms with Gasteiger partial charge in [0.2, 0.25) is 0 Å². The van der Waals surface area contributed by atoms with E-state index in [4.69, 9.17) is 12.2 Å². The minimum atomic E-state index is -0.439. The number of fused-ring (bicyclic) bond motifs is 1. The van der Waals surface area contributed by atoms with E-state index in [1.165, 1.54) is 23.3 Å². The molecule has 0 bridgehead atoms. The number of allylic oxidation sites excluding steroid dienone is 1. The van der Waals surface area contributed by atoms with Crippen molar-refractivity contribution in [2.75, 3.05) is 13.1 Å². The monoisotopic (exact) mass is 422 g/mol. The smallest absolute Gasteiger partial charge is 0.296 e. The summed E-state index contributed by atoms with van der Waals surface area (Å²) in [5.41, 5.74) is 3.68. The minimum Gasteiger partial charge on any atom is -0.363 e. The van der Waals surface area contributed by atoms with Gasteiger partial charge in [-0.15, -0.1) is 0 Å². The third kappa shape index (κ3) is 6.39. The van der Waals surface area contributed by atoms with Gasteiger partial charge < -0.3 is 16.0 Å². The number of halogens is 1. The van der Waals surface area contributed by atoms with Gasteiger partial charge in [-0.2, -0.15) is 0 Å². The third-order valence-electron chi connectivity index (χ3n) is 4.54. The number of hydrogen-bond donors (Lipinski definition) is 3. The zero-order valence-electron chi connectivity index (χ0n) is 16.5. The van der Waals surface area contributed by atoms with Gasteiger partial charge in [-0.25, -0.2) is 4.39 Å². The van der Waals surface area contributed by atoms with Crippen molar-refractivity contribution in [2.24, 2.45) is 0 Å². The van der Waals surface area contributed by atoms with Crippen LogP contribution in [0.2, 0.25) is 0 Å². The molecule has 0 spiro atoms. The van der Waals surface area contributed by atoms with Crippen molar-refractivity contribution in [3.63, 3.8) is 0 Å². The van der Waals surface area contributed by atoms with E-state index in [2.05, 4.69) is 44.9 Å². The summed E-state index contributed by atoms with van der Waals surface area (Å²) in [5.74, 6) is 4.05. The molecule has 7 heteroatoms. The number of thiocarbonyl (C=S) groups is 1. The summed E-state index contributed by atoms with van der Waals surface area (Å²) in [6, 6.07) is 8.10. The predicted molar refractivity (Wildman–Crippen MR) is 120 cm³/mol. The van der Waals surface area contributed by atoms with E-state index in [0.29, 0.717) is 31.2 Å². The van der Waals surface area contributed by atoms with E-state index < -0.39 is 11.7 Å². The van der Waals surface area contributed by atoms with Gasteiger partial charge in [-0.05, 0) is 55.2 Å². The molecule has 0 radical (unpaired) electrons. The van der Waals surface area contributed by atoms with Crippen molar-refractivity contribution in [1.29, 1.82) is 0 Å². The molecule has 1 aromatic carbocycles. The quantitative estimate of drug-likeness (QED) is 0.380. The normalized spacial score (nSPS) is 11.6. The Kier molecular flexibility index (Phi) is 7.93. The number of aryl methyl sites for hydroxylation is 1. The third-order valence-corrected chi connectivity index (χ3v) is 4.83. The van der Waals surface area contributed by atoms with Gasteiger partial charge in [0, 0.05) is 43.0 Å². The second kappa shape index (κ2) is 11.1. The molecule has 3 rings (SSSR count). The van der Waals surface area contributed by atoms with Crippen LogP contribution in [-0.4, -0.2) is 29.1 Å². The van der Waals surface area contributed by atoms with E-state index in [0.717, 1.165) is 18.5 Å². The fraction of sp³-hybridized carbons (Fsp3) is 0.261. The van der Waals surface area contributed by atoms with Crippen LogP contribution in [0.25, 0.3) is 6.08 Å². The summed E-state index contributed by atoms with van der Waals surface area (Å²) >= 11 is 5.32. The highest BCUT2D eigenvalue weighted by Gasteiger charge is 2.10. The molecule has 0 atom stereocenters. The summed E-state index contributed by atoms with van der Waals surface area (Å²) in [5, 5.41) is 9.57. The first-order valence-electron chi connectivity index (χ1n) is 9.83. The molecule has 0 saturated carbocycles. The van der Waals surface area contributed by atoms with Crippen molar-refractivity contribution in [2.45, 2.75) is 25.8 Å². The minimum absolute atomic E-state index is 0.205. The standard InChI is InChI=1S/C23H23FN4OS/c24-20-8-3-1-6-17(20)10-11-22(29)26-13-5-14-27-23(30)28-16-18-12-15-25-21-9-4-2-7-19(18)21/h1-3,6-8,12,15H,4-5,9,13-14,16H2,(H,26,29)(H2,27,28,30). The average Bonchev–Trinajstić information content (AvgIpc) is 2.77. The molecule has 2 aromatic rings. The summed E-state index contributed by atoms with van der Waals surface area (Å²) in [7, 11) is 0. The second-order valence-electron chi connectivity index (χ2n) is 6.72. The molecule has 1 aliphatic rings. The lowest BCUT2D eigenvalue weighted by Gasteiger charge is -2.15. The molecule has 1 aromatic heterocycles. The summed E-state index contributed by atoms with van der Waals surface area (Å²) in [4.78, 5) is 16.2. The molecule has 1 amide bonds. The van der Waals surface area contributed by atoms with Gasteiger partial charge >= 0.3 is 0 Å². The molecule has 5 nitrogen and oxygen atoms in total. The first-order chi connectivity index (χ1) is 14.6. The highest BCUT2D eigenvalue weighted by Crippen LogP contribution is 2.20. The molecule has 0 aliphatic heterocycles. The Balaban J connectivity index is 1.33. The fourth-order valence-electron chi connectivity index (χ4n) is 3.00. The van der Waals surface area contributed by atoms with Crippen LogP contribution in [0.5, 0.6) is 0 Å². The molecular formula is C23H23FN4OS. The highest BCUT2D eigenvalue weighted by atomic mass is 32.1. The lowest BCUT2D eigenvalue weighted by molar-refractivity contribution is -0.115. The van der Waals surface area contributed by atoms with E-state index in [1.54, 1.807) is 12.1 Å². The zero-order valence-corrected chi connectivity index (χ0v) is 17.3. The molecule has 1 aliphatic carbocycles. The molecule has 1 heterocycles. The predicted octanol–water partition coefficient (Wildman–Crippen LogP) is 2.70. The topological polar surface area (TPSA) is 66.1 Å². The Morgan fingerprint density at radius 3 is 2.87 bits per heavy atom. The van der Waals surface area contributed by atoms with Gasteiger partial charge in [-0.1, -0.05) is 30.2 Å². The van der Waals surface area contributed by atoms with E-state index in [1.807, 2.05) is 12.3 Å². The number of carbonyl (C=O) groups is 1. The molecule has 3 N–H and O–H groups in total. The maximum Gasteiger partial charge on any atom is 0.296 e. The highest BCUT2D eigenvalue weighted by molar-refractivity contribution is 7.80. The van der Waals surface area contributed by atoms with Crippen LogP contribution in [0.1, 0.15) is 35.2 Å². The number of pyridine rings is 1. The summed E-state index contributed by atoms with van der Waals surface area (Å²) in [6.07, 6.45) is 8.81. The van der Waals surface area contributed by atoms with Crippen molar-refractivity contribution in [3.8, 4) is 11.8 Å². The number of aromatic nitrogens is 1. The van der Waals surface area contributed by atoms with Gasteiger partial charge in [0.15, 0.2) is 5.11 Å². The van der Waals surface area contributed by atoms with Crippen molar-refractivity contribution in [1.82, 2.24) is 20.9 Å². The first kappa shape index (κ1) is 21.5. The number of nitrogens with one attached hydrogen (secondary N) is 3. The molecule has 0 unspecified atom stereocenters. The van der Waals surface area contributed by atoms with Gasteiger partial charge in [-0.3, -0.25) is 9.78 Å². The lowest BCUT2D eigenvalue weighted by atomic mass is 9.98. The van der Waals surface area contributed by atoms with Crippen molar-refractivity contribution >= 4 is 29.3 Å². The lowest BCUT2D eigenvalue weighted by Crippen LogP contribution is -2.36. The Labute approximate surface area is 181 Å². The Morgan fingerprint density at radius 2 is 2.00 bits per heavy atom. The summed E-state index contributed by atoms with van der Waals surface area (Å²) < 4.78 is 13.5. The van der Waals surface area contributed by atoms with Crippen LogP contribution < -0.4 is 16.0 Å². The zero-order chi connectivity index (χ0) is 21.2. The Morgan fingerprint density at radius 1 is 1.17 bits per heavy atom. The van der Waals surface area contributed by atoms with Crippen LogP contribution in [0.15, 0.2) is 42.6 Å². The number of rotatable bonds is 6. The Hall–Kier alpha value is -3.24. The van der Waals surface area contributed by atoms with Gasteiger partial charge in [0.25, 0.3) is 5.91 Å². The fourth-order valence-corrected chi connectivity index (χ4v) is 3.18. The van der Waals surface area contributed by atoms with Crippen LogP contribution in [0.4, 0.5) is 4.39 Å². The van der Waals surface area contributed by atoms with E-state index in [9.17, 15) is 9.18 Å². The molecule has 154 valence electrons. The van der Waals surface area contributed by atoms with Crippen LogP contribution >= 0.6 is 12.2 Å². The average molecular weight is 423 g/mol. The number of benzene rings is 1. The van der Waals surface area contributed by atoms with Crippen molar-refractivity contribution < 1.29 is 9.18 Å². The first-order valence-corrected chi connectivity index (χ1v) is 10.2. The molecular weight excluding hydrogens is 399 g/mol. The van der Waals surface area contributed by atoms with Crippen molar-refractivity contribution in [3.05, 3.63) is 70.8 Å². The maximum atomic E-state index is 13.5. The van der Waals surface area contributed by atoms with Crippen LogP contribution in [-0.2, 0) is 17.8 Å². The summed E-state index contributed by atoms with van der Waals surface area (Å²) in [6.45, 7) is 1.69. The largest absolute Gasteiger partial charge is 0.363 e. The van der Waals surface area contributed by atoms with Gasteiger partial charge in [0.05, 0.1) is 5.56 Å². The van der Waals surface area contributed by atoms with Crippen LogP contribution in [0, 0.1) is 17.7 Å². The number of carbonyl (C=O) groups excluding carboxylic acids is 1. The number of hydrogen-bond acceptors (Lipinski definition) is 3. The maximum absolute atomic E-state index is 13.5. The molecule has 0 fully saturated rings. The van der Waals surface area contributed by atoms with Crippen LogP contribution in [0.3, 0.4) is 0 Å². The van der Waals surface area contributed by atoms with E-state index >= 15 is 0 Å².